The van der Waals surface area contributed by atoms with Gasteiger partial charge in [-0.15, -0.1) is 0 Å². The normalized spacial score (nSPS) is 10.9. The van der Waals surface area contributed by atoms with Crippen molar-refractivity contribution in [2.24, 2.45) is 5.92 Å². The van der Waals surface area contributed by atoms with Crippen LogP contribution in [-0.2, 0) is 0 Å². The lowest BCUT2D eigenvalue weighted by molar-refractivity contribution is 0.814. The van der Waals surface area contributed by atoms with E-state index in [-0.39, 0.29) is 5.92 Å². The van der Waals surface area contributed by atoms with Crippen molar-refractivity contribution in [3.05, 3.63) is 60.2 Å². The molecule has 0 unspecified atom stereocenters. The summed E-state index contributed by atoms with van der Waals surface area (Å²) in [5, 5.41) is 8.84. The summed E-state index contributed by atoms with van der Waals surface area (Å²) in [6, 6.07) is 20.6. The molecule has 19 heavy (non-hydrogen) atoms. The number of nitriles is 1. The summed E-state index contributed by atoms with van der Waals surface area (Å²) in [7, 11) is 0. The van der Waals surface area contributed by atoms with Gasteiger partial charge >= 0.3 is 0 Å². The molecule has 1 nitrogen and oxygen atoms in total. The van der Waals surface area contributed by atoms with Gasteiger partial charge in [-0.1, -0.05) is 61.2 Å². The van der Waals surface area contributed by atoms with Crippen LogP contribution < -0.4 is 0 Å². The van der Waals surface area contributed by atoms with Gasteiger partial charge < -0.3 is 0 Å². The fraction of sp³-hybridized carbons (Fsp3) is 0.167. The van der Waals surface area contributed by atoms with E-state index < -0.39 is 0 Å². The number of hydrogen-bond acceptors (Lipinski definition) is 1. The average molecular weight is 245 g/mol. The van der Waals surface area contributed by atoms with Gasteiger partial charge in [0.1, 0.15) is 5.92 Å². The van der Waals surface area contributed by atoms with Crippen LogP contribution in [-0.4, -0.2) is 0 Å². The maximum absolute atomic E-state index is 8.84. The predicted octanol–water partition coefficient (Wildman–Crippen LogP) is 4.25. The molecular formula is C18H15N. The predicted molar refractivity (Wildman–Crippen MR) is 78.2 cm³/mol. The van der Waals surface area contributed by atoms with Gasteiger partial charge in [0.2, 0.25) is 0 Å². The Balaban J connectivity index is 2.18. The summed E-state index contributed by atoms with van der Waals surface area (Å²) in [5.41, 5.74) is 3.33. The van der Waals surface area contributed by atoms with Gasteiger partial charge in [-0.3, -0.25) is 0 Å². The number of hydrogen-bond donors (Lipinski definition) is 0. The monoisotopic (exact) mass is 245 g/mol. The summed E-state index contributed by atoms with van der Waals surface area (Å²) in [4.78, 5) is 0. The Bertz CT molecular complexity index is 621. The van der Waals surface area contributed by atoms with Crippen molar-refractivity contribution >= 4 is 0 Å². The maximum atomic E-state index is 8.84. The first-order valence-electron chi connectivity index (χ1n) is 6.40. The molecule has 1 heteroatoms. The van der Waals surface area contributed by atoms with E-state index in [0.717, 1.165) is 12.0 Å². The van der Waals surface area contributed by atoms with Gasteiger partial charge in [0.05, 0.1) is 6.07 Å². The van der Waals surface area contributed by atoms with Crippen LogP contribution in [0, 0.1) is 29.1 Å². The van der Waals surface area contributed by atoms with Gasteiger partial charge in [-0.2, -0.15) is 5.26 Å². The third kappa shape index (κ3) is 3.47. The molecule has 2 aromatic carbocycles. The second-order valence-electron chi connectivity index (χ2n) is 4.30. The van der Waals surface area contributed by atoms with Crippen LogP contribution in [0.3, 0.4) is 0 Å². The molecule has 0 amide bonds. The van der Waals surface area contributed by atoms with E-state index in [2.05, 4.69) is 42.2 Å². The maximum Gasteiger partial charge on any atom is 0.107 e. The molecule has 92 valence electrons. The quantitative estimate of drug-likeness (QED) is 0.725. The van der Waals surface area contributed by atoms with Gasteiger partial charge in [-0.05, 0) is 29.7 Å². The summed E-state index contributed by atoms with van der Waals surface area (Å²) in [5.74, 6) is 5.86. The van der Waals surface area contributed by atoms with Crippen molar-refractivity contribution in [3.8, 4) is 29.0 Å². The zero-order chi connectivity index (χ0) is 13.5. The van der Waals surface area contributed by atoms with E-state index in [4.69, 9.17) is 5.26 Å². The van der Waals surface area contributed by atoms with E-state index in [0.29, 0.717) is 0 Å². The second-order valence-corrected chi connectivity index (χ2v) is 4.30. The van der Waals surface area contributed by atoms with Gasteiger partial charge in [0.25, 0.3) is 0 Å². The highest BCUT2D eigenvalue weighted by molar-refractivity contribution is 5.64. The van der Waals surface area contributed by atoms with Crippen molar-refractivity contribution in [3.63, 3.8) is 0 Å². The summed E-state index contributed by atoms with van der Waals surface area (Å²) in [6.45, 7) is 1.97. The Morgan fingerprint density at radius 1 is 0.947 bits per heavy atom. The largest absolute Gasteiger partial charge is 0.197 e. The second kappa shape index (κ2) is 6.43. The highest BCUT2D eigenvalue weighted by atomic mass is 14.2. The minimum absolute atomic E-state index is 0.172. The number of benzene rings is 2. The first kappa shape index (κ1) is 12.9. The van der Waals surface area contributed by atoms with Crippen LogP contribution >= 0.6 is 0 Å². The Morgan fingerprint density at radius 3 is 2.16 bits per heavy atom. The van der Waals surface area contributed by atoms with Crippen molar-refractivity contribution in [1.82, 2.24) is 0 Å². The zero-order valence-corrected chi connectivity index (χ0v) is 10.9. The lowest BCUT2D eigenvalue weighted by Gasteiger charge is -2.01. The molecule has 0 heterocycles. The first-order valence-corrected chi connectivity index (χ1v) is 6.40. The van der Waals surface area contributed by atoms with Crippen molar-refractivity contribution in [1.29, 1.82) is 5.26 Å². The molecule has 0 aliphatic rings. The fourth-order valence-electron chi connectivity index (χ4n) is 1.77. The standard InChI is InChI=1S/C18H15N/c1-2-15(14-19)8-9-16-10-12-18(13-11-16)17-6-4-3-5-7-17/h3-7,10-13,15H,2H2,1H3/t15-/m0/s1. The van der Waals surface area contributed by atoms with Crippen molar-refractivity contribution in [2.45, 2.75) is 13.3 Å². The van der Waals surface area contributed by atoms with Gasteiger partial charge in [0.15, 0.2) is 0 Å². The topological polar surface area (TPSA) is 23.8 Å². The van der Waals surface area contributed by atoms with Crippen LogP contribution in [0.15, 0.2) is 54.6 Å². The number of nitrogens with zero attached hydrogens (tertiary/aromatic N) is 1. The molecule has 0 N–H and O–H groups in total. The minimum atomic E-state index is -0.172. The molecule has 0 fully saturated rings. The zero-order valence-electron chi connectivity index (χ0n) is 10.9. The van der Waals surface area contributed by atoms with Crippen LogP contribution in [0.4, 0.5) is 0 Å². The molecule has 0 aliphatic heterocycles. The molecule has 1 atom stereocenters. The van der Waals surface area contributed by atoms with Crippen LogP contribution in [0.5, 0.6) is 0 Å². The van der Waals surface area contributed by atoms with Crippen LogP contribution in [0.25, 0.3) is 11.1 Å². The molecule has 0 radical (unpaired) electrons. The van der Waals surface area contributed by atoms with Crippen LogP contribution in [0.2, 0.25) is 0 Å². The third-order valence-electron chi connectivity index (χ3n) is 2.95. The lowest BCUT2D eigenvalue weighted by Crippen LogP contribution is -1.88. The Hall–Kier alpha value is -2.51. The molecule has 0 spiro atoms. The molecule has 0 aromatic heterocycles. The highest BCUT2D eigenvalue weighted by Crippen LogP contribution is 2.18. The highest BCUT2D eigenvalue weighted by Gasteiger charge is 1.98. The Kier molecular flexibility index (Phi) is 4.38. The van der Waals surface area contributed by atoms with E-state index in [9.17, 15) is 0 Å². The Morgan fingerprint density at radius 2 is 1.58 bits per heavy atom. The molecule has 2 rings (SSSR count). The average Bonchev–Trinajstić information content (AvgIpc) is 2.50. The molecular weight excluding hydrogens is 230 g/mol. The number of rotatable bonds is 2. The van der Waals surface area contributed by atoms with E-state index >= 15 is 0 Å². The summed E-state index contributed by atoms with van der Waals surface area (Å²) >= 11 is 0. The first-order chi connectivity index (χ1) is 9.33. The van der Waals surface area contributed by atoms with Crippen molar-refractivity contribution < 1.29 is 0 Å². The summed E-state index contributed by atoms with van der Waals surface area (Å²) in [6.07, 6.45) is 0.769. The SMILES string of the molecule is CC[C@H](C#N)C#Cc1ccc(-c2ccccc2)cc1. The lowest BCUT2D eigenvalue weighted by atomic mass is 10.0. The molecule has 0 aliphatic carbocycles. The van der Waals surface area contributed by atoms with Gasteiger partial charge in [-0.25, -0.2) is 0 Å². The Labute approximate surface area is 114 Å². The third-order valence-corrected chi connectivity index (χ3v) is 2.95. The fourth-order valence-corrected chi connectivity index (χ4v) is 1.77. The molecule has 0 bridgehead atoms. The van der Waals surface area contributed by atoms with E-state index in [1.807, 2.05) is 37.3 Å². The molecule has 0 saturated carbocycles. The molecule has 2 aromatic rings. The van der Waals surface area contributed by atoms with Crippen molar-refractivity contribution in [2.75, 3.05) is 0 Å². The minimum Gasteiger partial charge on any atom is -0.197 e. The van der Waals surface area contributed by atoms with Crippen LogP contribution in [0.1, 0.15) is 18.9 Å². The summed E-state index contributed by atoms with van der Waals surface area (Å²) < 4.78 is 0. The van der Waals surface area contributed by atoms with E-state index in [1.54, 1.807) is 0 Å². The smallest absolute Gasteiger partial charge is 0.107 e. The van der Waals surface area contributed by atoms with E-state index in [1.165, 1.54) is 11.1 Å². The molecule has 0 saturated heterocycles. The van der Waals surface area contributed by atoms with Gasteiger partial charge in [0, 0.05) is 5.56 Å².